The summed E-state index contributed by atoms with van der Waals surface area (Å²) in [6, 6.07) is 16.7. The van der Waals surface area contributed by atoms with E-state index >= 15 is 0 Å². The number of carbonyl (C=O) groups excluding carboxylic acids is 1. The lowest BCUT2D eigenvalue weighted by atomic mass is 9.85. The van der Waals surface area contributed by atoms with E-state index in [4.69, 9.17) is 15.2 Å². The number of benzene rings is 2. The summed E-state index contributed by atoms with van der Waals surface area (Å²) in [7, 11) is 0. The van der Waals surface area contributed by atoms with Crippen molar-refractivity contribution in [2.45, 2.75) is 44.4 Å². The van der Waals surface area contributed by atoms with E-state index < -0.39 is 0 Å². The van der Waals surface area contributed by atoms with E-state index in [1.807, 2.05) is 24.3 Å². The molecule has 0 unspecified atom stereocenters. The normalized spacial score (nSPS) is 24.4. The third kappa shape index (κ3) is 4.25. The Morgan fingerprint density at radius 3 is 2.41 bits per heavy atom. The van der Waals surface area contributed by atoms with Gasteiger partial charge >= 0.3 is 0 Å². The van der Waals surface area contributed by atoms with E-state index in [-0.39, 0.29) is 17.9 Å². The van der Waals surface area contributed by atoms with Crippen molar-refractivity contribution in [3.8, 4) is 11.5 Å². The molecular formula is C22H26N2O3. The molecule has 2 aromatic rings. The van der Waals surface area contributed by atoms with Gasteiger partial charge in [-0.2, -0.15) is 0 Å². The minimum atomic E-state index is -0.152. The van der Waals surface area contributed by atoms with Gasteiger partial charge in [-0.15, -0.1) is 0 Å². The second-order valence-electron chi connectivity index (χ2n) is 7.44. The zero-order valence-corrected chi connectivity index (χ0v) is 15.4. The molecule has 0 bridgehead atoms. The van der Waals surface area contributed by atoms with E-state index in [1.165, 1.54) is 5.56 Å². The number of hydrogen-bond acceptors (Lipinski definition) is 4. The molecule has 0 radical (unpaired) electrons. The fourth-order valence-electron chi connectivity index (χ4n) is 3.88. The molecule has 1 amide bonds. The van der Waals surface area contributed by atoms with Gasteiger partial charge in [0.15, 0.2) is 17.6 Å². The van der Waals surface area contributed by atoms with Crippen LogP contribution in [0.4, 0.5) is 0 Å². The molecule has 27 heavy (non-hydrogen) atoms. The third-order valence-corrected chi connectivity index (χ3v) is 5.58. The highest BCUT2D eigenvalue weighted by molar-refractivity contribution is 5.76. The molecule has 4 rings (SSSR count). The van der Waals surface area contributed by atoms with Crippen molar-refractivity contribution in [1.82, 2.24) is 5.32 Å². The van der Waals surface area contributed by atoms with Crippen LogP contribution in [0.25, 0.3) is 0 Å². The van der Waals surface area contributed by atoms with Crippen molar-refractivity contribution >= 4 is 5.91 Å². The van der Waals surface area contributed by atoms with Crippen LogP contribution in [-0.4, -0.2) is 18.6 Å². The third-order valence-electron chi connectivity index (χ3n) is 5.58. The quantitative estimate of drug-likeness (QED) is 0.851. The number of rotatable bonds is 5. The number of primary amides is 1. The van der Waals surface area contributed by atoms with Crippen LogP contribution >= 0.6 is 0 Å². The van der Waals surface area contributed by atoms with Crippen molar-refractivity contribution in [3.63, 3.8) is 0 Å². The second kappa shape index (κ2) is 8.01. The van der Waals surface area contributed by atoms with E-state index in [0.717, 1.165) is 49.3 Å². The zero-order valence-electron chi connectivity index (χ0n) is 15.4. The standard InChI is InChI=1S/C22H26N2O3/c23-22(25)17-9-11-18(12-10-17)24-13-15-5-7-16(8-6-15)21-14-26-19-3-1-2-4-20(19)27-21/h1-8,17-18,21,24H,9-14H2,(H2,23,25)/t17-,18+,21-/m0/s1. The molecule has 2 aromatic carbocycles. The molecule has 0 aromatic heterocycles. The summed E-state index contributed by atoms with van der Waals surface area (Å²) in [6.07, 6.45) is 3.74. The van der Waals surface area contributed by atoms with Gasteiger partial charge in [0, 0.05) is 18.5 Å². The Kier molecular flexibility index (Phi) is 5.30. The Morgan fingerprint density at radius 2 is 1.70 bits per heavy atom. The van der Waals surface area contributed by atoms with Crippen molar-refractivity contribution in [2.75, 3.05) is 6.61 Å². The highest BCUT2D eigenvalue weighted by Crippen LogP contribution is 2.35. The highest BCUT2D eigenvalue weighted by atomic mass is 16.6. The molecule has 1 fully saturated rings. The molecule has 1 atom stereocenters. The lowest BCUT2D eigenvalue weighted by Gasteiger charge is -2.28. The maximum Gasteiger partial charge on any atom is 0.220 e. The van der Waals surface area contributed by atoms with Crippen LogP contribution in [0.1, 0.15) is 42.9 Å². The van der Waals surface area contributed by atoms with Crippen LogP contribution in [0, 0.1) is 5.92 Å². The van der Waals surface area contributed by atoms with E-state index in [1.54, 1.807) is 0 Å². The smallest absolute Gasteiger partial charge is 0.220 e. The summed E-state index contributed by atoms with van der Waals surface area (Å²) < 4.78 is 11.9. The van der Waals surface area contributed by atoms with Crippen LogP contribution in [0.3, 0.4) is 0 Å². The summed E-state index contributed by atoms with van der Waals surface area (Å²) >= 11 is 0. The lowest BCUT2D eigenvalue weighted by Crippen LogP contribution is -2.36. The van der Waals surface area contributed by atoms with Gasteiger partial charge < -0.3 is 20.5 Å². The minimum absolute atomic E-state index is 0.0603. The molecule has 0 saturated heterocycles. The molecule has 1 heterocycles. The minimum Gasteiger partial charge on any atom is -0.485 e. The first kappa shape index (κ1) is 17.9. The number of ether oxygens (including phenoxy) is 2. The molecule has 0 spiro atoms. The summed E-state index contributed by atoms with van der Waals surface area (Å²) in [6.45, 7) is 1.36. The van der Waals surface area contributed by atoms with Crippen LogP contribution in [0.5, 0.6) is 11.5 Å². The van der Waals surface area contributed by atoms with E-state index in [0.29, 0.717) is 12.6 Å². The molecule has 3 N–H and O–H groups in total. The monoisotopic (exact) mass is 366 g/mol. The first-order valence-corrected chi connectivity index (χ1v) is 9.69. The van der Waals surface area contributed by atoms with Crippen LogP contribution in [-0.2, 0) is 11.3 Å². The first-order chi connectivity index (χ1) is 13.2. The lowest BCUT2D eigenvalue weighted by molar-refractivity contribution is -0.122. The van der Waals surface area contributed by atoms with Crippen LogP contribution in [0.2, 0.25) is 0 Å². The van der Waals surface area contributed by atoms with Gasteiger partial charge in [0.2, 0.25) is 5.91 Å². The van der Waals surface area contributed by atoms with Crippen LogP contribution in [0.15, 0.2) is 48.5 Å². The first-order valence-electron chi connectivity index (χ1n) is 9.69. The number of nitrogens with two attached hydrogens (primary N) is 1. The zero-order chi connectivity index (χ0) is 18.6. The van der Waals surface area contributed by atoms with Crippen LogP contribution < -0.4 is 20.5 Å². The van der Waals surface area contributed by atoms with Gasteiger partial charge in [0.1, 0.15) is 6.61 Å². The van der Waals surface area contributed by atoms with Gasteiger partial charge in [-0.1, -0.05) is 36.4 Å². The Morgan fingerprint density at radius 1 is 1.00 bits per heavy atom. The molecule has 5 nitrogen and oxygen atoms in total. The average Bonchev–Trinajstić information content (AvgIpc) is 2.72. The van der Waals surface area contributed by atoms with Crippen molar-refractivity contribution in [3.05, 3.63) is 59.7 Å². The van der Waals surface area contributed by atoms with Gasteiger partial charge in [-0.25, -0.2) is 0 Å². The predicted octanol–water partition coefficient (Wildman–Crippen LogP) is 3.33. The maximum absolute atomic E-state index is 11.3. The summed E-state index contributed by atoms with van der Waals surface area (Å²) in [4.78, 5) is 11.3. The fourth-order valence-corrected chi connectivity index (χ4v) is 3.88. The summed E-state index contributed by atoms with van der Waals surface area (Å²) in [5.74, 6) is 1.51. The average molecular weight is 366 g/mol. The summed E-state index contributed by atoms with van der Waals surface area (Å²) in [5.41, 5.74) is 7.77. The number of amides is 1. The van der Waals surface area contributed by atoms with Gasteiger partial charge in [0.05, 0.1) is 0 Å². The molecular weight excluding hydrogens is 340 g/mol. The number of nitrogens with one attached hydrogen (secondary N) is 1. The van der Waals surface area contributed by atoms with Crippen molar-refractivity contribution in [1.29, 1.82) is 0 Å². The van der Waals surface area contributed by atoms with Crippen molar-refractivity contribution in [2.24, 2.45) is 11.7 Å². The molecule has 5 heteroatoms. The number of hydrogen-bond donors (Lipinski definition) is 2. The second-order valence-corrected chi connectivity index (χ2v) is 7.44. The molecule has 1 aliphatic heterocycles. The number of carbonyl (C=O) groups is 1. The van der Waals surface area contributed by atoms with E-state index in [9.17, 15) is 4.79 Å². The van der Waals surface area contributed by atoms with Gasteiger partial charge in [-0.3, -0.25) is 4.79 Å². The Balaban J connectivity index is 1.29. The summed E-state index contributed by atoms with van der Waals surface area (Å²) in [5, 5.41) is 3.60. The fraction of sp³-hybridized carbons (Fsp3) is 0.409. The number of para-hydroxylation sites is 2. The molecule has 1 saturated carbocycles. The Labute approximate surface area is 159 Å². The topological polar surface area (TPSA) is 73.6 Å². The Bertz CT molecular complexity index is 782. The van der Waals surface area contributed by atoms with Crippen molar-refractivity contribution < 1.29 is 14.3 Å². The molecule has 1 aliphatic carbocycles. The van der Waals surface area contributed by atoms with Gasteiger partial charge in [0.25, 0.3) is 0 Å². The Hall–Kier alpha value is -2.53. The predicted molar refractivity (Wildman–Crippen MR) is 104 cm³/mol. The van der Waals surface area contributed by atoms with Gasteiger partial charge in [-0.05, 0) is 48.9 Å². The highest BCUT2D eigenvalue weighted by Gasteiger charge is 2.24. The molecule has 2 aliphatic rings. The molecule has 142 valence electrons. The van der Waals surface area contributed by atoms with E-state index in [2.05, 4.69) is 29.6 Å². The maximum atomic E-state index is 11.3. The SMILES string of the molecule is NC(=O)[C@H]1CC[C@@H](NCc2ccc([C@@H]3COc4ccccc4O3)cc2)CC1. The largest absolute Gasteiger partial charge is 0.485 e. The number of fused-ring (bicyclic) bond motifs is 1.